The van der Waals surface area contributed by atoms with Crippen molar-refractivity contribution in [3.63, 3.8) is 0 Å². The summed E-state index contributed by atoms with van der Waals surface area (Å²) >= 11 is 0. The minimum absolute atomic E-state index is 0.195. The van der Waals surface area contributed by atoms with Crippen LogP contribution in [0.15, 0.2) is 24.3 Å². The third kappa shape index (κ3) is 5.34. The molecular formula is C19H29N3O3. The number of carbonyl (C=O) groups is 1. The van der Waals surface area contributed by atoms with E-state index in [2.05, 4.69) is 28.4 Å². The predicted octanol–water partition coefficient (Wildman–Crippen LogP) is 2.09. The van der Waals surface area contributed by atoms with Crippen LogP contribution in [-0.4, -0.2) is 67.9 Å². The highest BCUT2D eigenvalue weighted by atomic mass is 16.6. The first-order valence-electron chi connectivity index (χ1n) is 9.35. The van der Waals surface area contributed by atoms with Crippen LogP contribution in [0, 0.1) is 0 Å². The molecule has 1 aromatic rings. The second-order valence-electron chi connectivity index (χ2n) is 6.68. The van der Waals surface area contributed by atoms with Crippen LogP contribution in [0.3, 0.4) is 0 Å². The Morgan fingerprint density at radius 3 is 2.68 bits per heavy atom. The molecule has 1 amide bonds. The Labute approximate surface area is 150 Å². The second-order valence-corrected chi connectivity index (χ2v) is 6.68. The summed E-state index contributed by atoms with van der Waals surface area (Å²) in [6, 6.07) is 8.41. The van der Waals surface area contributed by atoms with Crippen LogP contribution in [0.1, 0.15) is 25.3 Å². The molecule has 2 saturated heterocycles. The van der Waals surface area contributed by atoms with Gasteiger partial charge in [-0.1, -0.05) is 12.1 Å². The number of hydrogen-bond acceptors (Lipinski definition) is 5. The molecule has 0 unspecified atom stereocenters. The summed E-state index contributed by atoms with van der Waals surface area (Å²) < 4.78 is 11.2. The highest BCUT2D eigenvalue weighted by Gasteiger charge is 2.22. The van der Waals surface area contributed by atoms with Crippen LogP contribution in [0.25, 0.3) is 0 Å². The summed E-state index contributed by atoms with van der Waals surface area (Å²) in [7, 11) is 0. The summed E-state index contributed by atoms with van der Waals surface area (Å²) in [5, 5.41) is 3.36. The van der Waals surface area contributed by atoms with E-state index < -0.39 is 0 Å². The molecule has 0 aromatic heterocycles. The number of hydrogen-bond donors (Lipinski definition) is 1. The van der Waals surface area contributed by atoms with Crippen LogP contribution in [-0.2, 0) is 11.3 Å². The smallest absolute Gasteiger partial charge is 0.409 e. The summed E-state index contributed by atoms with van der Waals surface area (Å²) in [6.45, 7) is 8.44. The molecule has 25 heavy (non-hydrogen) atoms. The number of nitrogens with one attached hydrogen (secondary N) is 1. The van der Waals surface area contributed by atoms with Crippen LogP contribution >= 0.6 is 0 Å². The monoisotopic (exact) mass is 347 g/mol. The average molecular weight is 347 g/mol. The van der Waals surface area contributed by atoms with Crippen molar-refractivity contribution < 1.29 is 14.3 Å². The minimum atomic E-state index is -0.195. The minimum Gasteiger partial charge on any atom is -0.490 e. The number of ether oxygens (including phenoxy) is 2. The summed E-state index contributed by atoms with van der Waals surface area (Å²) in [5.74, 6) is 0.967. The van der Waals surface area contributed by atoms with Gasteiger partial charge in [-0.3, -0.25) is 4.90 Å². The lowest BCUT2D eigenvalue weighted by Gasteiger charge is -2.34. The zero-order chi connectivity index (χ0) is 17.5. The van der Waals surface area contributed by atoms with Gasteiger partial charge in [0.15, 0.2) is 0 Å². The van der Waals surface area contributed by atoms with E-state index in [0.717, 1.165) is 64.4 Å². The molecule has 0 saturated carbocycles. The Kier molecular flexibility index (Phi) is 6.53. The maximum atomic E-state index is 11.8. The molecule has 2 heterocycles. The summed E-state index contributed by atoms with van der Waals surface area (Å²) in [5.41, 5.74) is 1.26. The number of carbonyl (C=O) groups excluding carboxylic acids is 1. The lowest BCUT2D eigenvalue weighted by Crippen LogP contribution is -2.48. The molecule has 0 atom stereocenters. The largest absolute Gasteiger partial charge is 0.490 e. The maximum Gasteiger partial charge on any atom is 0.409 e. The van der Waals surface area contributed by atoms with E-state index >= 15 is 0 Å². The SMILES string of the molecule is CCOC(=O)N1CCN(Cc2cccc(OC3CCNCC3)c2)CC1. The van der Waals surface area contributed by atoms with Gasteiger partial charge in [-0.25, -0.2) is 4.79 Å². The third-order valence-corrected chi connectivity index (χ3v) is 4.79. The zero-order valence-electron chi connectivity index (χ0n) is 15.1. The van der Waals surface area contributed by atoms with Gasteiger partial charge in [0.1, 0.15) is 11.9 Å². The van der Waals surface area contributed by atoms with E-state index in [1.807, 2.05) is 13.0 Å². The van der Waals surface area contributed by atoms with Crippen LogP contribution < -0.4 is 10.1 Å². The molecule has 2 aliphatic heterocycles. The average Bonchev–Trinajstić information content (AvgIpc) is 2.64. The first-order valence-corrected chi connectivity index (χ1v) is 9.35. The lowest BCUT2D eigenvalue weighted by molar-refractivity contribution is 0.0778. The molecular weight excluding hydrogens is 318 g/mol. The van der Waals surface area contributed by atoms with E-state index in [1.165, 1.54) is 5.56 Å². The van der Waals surface area contributed by atoms with Crippen LogP contribution in [0.4, 0.5) is 4.79 Å². The highest BCUT2D eigenvalue weighted by Crippen LogP contribution is 2.19. The summed E-state index contributed by atoms with van der Waals surface area (Å²) in [4.78, 5) is 15.9. The van der Waals surface area contributed by atoms with E-state index in [0.29, 0.717) is 12.7 Å². The van der Waals surface area contributed by atoms with Crippen LogP contribution in [0.5, 0.6) is 5.75 Å². The third-order valence-electron chi connectivity index (χ3n) is 4.79. The van der Waals surface area contributed by atoms with Crippen molar-refractivity contribution in [1.82, 2.24) is 15.1 Å². The van der Waals surface area contributed by atoms with Gasteiger partial charge in [0.05, 0.1) is 6.61 Å². The van der Waals surface area contributed by atoms with E-state index in [4.69, 9.17) is 9.47 Å². The molecule has 2 aliphatic rings. The Morgan fingerprint density at radius 2 is 1.96 bits per heavy atom. The van der Waals surface area contributed by atoms with Crippen molar-refractivity contribution in [3.8, 4) is 5.75 Å². The molecule has 2 fully saturated rings. The van der Waals surface area contributed by atoms with Crippen molar-refractivity contribution >= 4 is 6.09 Å². The highest BCUT2D eigenvalue weighted by molar-refractivity contribution is 5.67. The molecule has 0 bridgehead atoms. The van der Waals surface area contributed by atoms with Crippen molar-refractivity contribution in [2.75, 3.05) is 45.9 Å². The van der Waals surface area contributed by atoms with Gasteiger partial charge in [-0.2, -0.15) is 0 Å². The normalized spacial score (nSPS) is 19.6. The number of amides is 1. The van der Waals surface area contributed by atoms with Gasteiger partial charge in [0.2, 0.25) is 0 Å². The van der Waals surface area contributed by atoms with Crippen molar-refractivity contribution in [3.05, 3.63) is 29.8 Å². The topological polar surface area (TPSA) is 54.0 Å². The fraction of sp³-hybridized carbons (Fsp3) is 0.632. The number of rotatable bonds is 5. The molecule has 1 aromatic carbocycles. The second kappa shape index (κ2) is 9.06. The Balaban J connectivity index is 1.48. The molecule has 0 aliphatic carbocycles. The fourth-order valence-electron chi connectivity index (χ4n) is 3.38. The van der Waals surface area contributed by atoms with Gasteiger partial charge in [-0.15, -0.1) is 0 Å². The standard InChI is InChI=1S/C19H29N3O3/c1-2-24-19(23)22-12-10-21(11-13-22)15-16-4-3-5-18(14-16)25-17-6-8-20-9-7-17/h3-5,14,17,20H,2,6-13,15H2,1H3. The fourth-order valence-corrected chi connectivity index (χ4v) is 3.38. The number of benzene rings is 1. The maximum absolute atomic E-state index is 11.8. The van der Waals surface area contributed by atoms with E-state index in [-0.39, 0.29) is 6.09 Å². The lowest BCUT2D eigenvalue weighted by atomic mass is 10.1. The molecule has 0 spiro atoms. The molecule has 3 rings (SSSR count). The molecule has 6 nitrogen and oxygen atoms in total. The molecule has 6 heteroatoms. The van der Waals surface area contributed by atoms with E-state index in [1.54, 1.807) is 4.90 Å². The first kappa shape index (κ1) is 18.0. The van der Waals surface area contributed by atoms with Gasteiger partial charge in [0, 0.05) is 32.7 Å². The van der Waals surface area contributed by atoms with Crippen LogP contribution in [0.2, 0.25) is 0 Å². The Morgan fingerprint density at radius 1 is 1.20 bits per heavy atom. The van der Waals surface area contributed by atoms with E-state index in [9.17, 15) is 4.79 Å². The predicted molar refractivity (Wildman–Crippen MR) is 96.8 cm³/mol. The van der Waals surface area contributed by atoms with Gasteiger partial charge in [0.25, 0.3) is 0 Å². The van der Waals surface area contributed by atoms with Gasteiger partial charge >= 0.3 is 6.09 Å². The number of piperidine rings is 1. The Hall–Kier alpha value is -1.79. The number of piperazine rings is 1. The molecule has 138 valence electrons. The molecule has 0 radical (unpaired) electrons. The number of nitrogens with zero attached hydrogens (tertiary/aromatic N) is 2. The Bertz CT molecular complexity index is 553. The quantitative estimate of drug-likeness (QED) is 0.884. The van der Waals surface area contributed by atoms with Gasteiger partial charge in [-0.05, 0) is 50.6 Å². The van der Waals surface area contributed by atoms with Crippen molar-refractivity contribution in [1.29, 1.82) is 0 Å². The molecule has 1 N–H and O–H groups in total. The van der Waals surface area contributed by atoms with Gasteiger partial charge < -0.3 is 19.7 Å². The van der Waals surface area contributed by atoms with Crippen molar-refractivity contribution in [2.24, 2.45) is 0 Å². The van der Waals surface area contributed by atoms with Crippen molar-refractivity contribution in [2.45, 2.75) is 32.4 Å². The summed E-state index contributed by atoms with van der Waals surface area (Å²) in [6.07, 6.45) is 2.27. The first-order chi connectivity index (χ1) is 12.2. The zero-order valence-corrected chi connectivity index (χ0v) is 15.1.